The Balaban J connectivity index is 1.57. The number of aromatic nitrogens is 5. The summed E-state index contributed by atoms with van der Waals surface area (Å²) in [5.74, 6) is 2.52. The van der Waals surface area contributed by atoms with E-state index in [9.17, 15) is 4.79 Å². The molecule has 1 unspecified atom stereocenters. The predicted molar refractivity (Wildman–Crippen MR) is 138 cm³/mol. The Morgan fingerprint density at radius 2 is 1.78 bits per heavy atom. The average Bonchev–Trinajstić information content (AvgIpc) is 3.33. The molecule has 1 aliphatic carbocycles. The van der Waals surface area contributed by atoms with Crippen LogP contribution in [0, 0.1) is 5.92 Å². The maximum atomic E-state index is 13.3. The Kier molecular flexibility index (Phi) is 6.76. The molecular formula is C27H38N6O3. The molecule has 9 heteroatoms. The van der Waals surface area contributed by atoms with E-state index in [1.54, 1.807) is 0 Å². The molecule has 3 heterocycles. The number of ether oxygens (including phenoxy) is 2. The van der Waals surface area contributed by atoms with Crippen LogP contribution in [-0.2, 0) is 12.1 Å². The van der Waals surface area contributed by atoms with Crippen molar-refractivity contribution in [3.05, 3.63) is 39.9 Å². The van der Waals surface area contributed by atoms with Gasteiger partial charge in [-0.1, -0.05) is 33.1 Å². The normalized spacial score (nSPS) is 17.8. The number of aromatic amines is 1. The van der Waals surface area contributed by atoms with Crippen LogP contribution in [0.2, 0.25) is 0 Å². The maximum Gasteiger partial charge on any atom is 0.252 e. The molecule has 0 amide bonds. The molecule has 1 aromatic carbocycles. The zero-order valence-corrected chi connectivity index (χ0v) is 22.1. The summed E-state index contributed by atoms with van der Waals surface area (Å²) in [4.78, 5) is 18.9. The molecule has 0 bridgehead atoms. The van der Waals surface area contributed by atoms with Crippen LogP contribution in [0.1, 0.15) is 84.2 Å². The van der Waals surface area contributed by atoms with Crippen molar-refractivity contribution in [1.29, 1.82) is 0 Å². The van der Waals surface area contributed by atoms with E-state index in [-0.39, 0.29) is 23.1 Å². The monoisotopic (exact) mass is 494 g/mol. The highest BCUT2D eigenvalue weighted by molar-refractivity contribution is 5.83. The molecule has 2 aliphatic rings. The van der Waals surface area contributed by atoms with Gasteiger partial charge in [-0.3, -0.25) is 9.69 Å². The van der Waals surface area contributed by atoms with Crippen molar-refractivity contribution in [3.8, 4) is 11.5 Å². The Morgan fingerprint density at radius 3 is 2.44 bits per heavy atom. The summed E-state index contributed by atoms with van der Waals surface area (Å²) in [6.45, 7) is 12.4. The summed E-state index contributed by atoms with van der Waals surface area (Å²) < 4.78 is 13.4. The minimum absolute atomic E-state index is 0.0160. The first-order chi connectivity index (χ1) is 17.2. The van der Waals surface area contributed by atoms with Crippen LogP contribution < -0.4 is 15.0 Å². The van der Waals surface area contributed by atoms with E-state index in [4.69, 9.17) is 9.47 Å². The zero-order valence-electron chi connectivity index (χ0n) is 22.1. The molecule has 0 saturated heterocycles. The highest BCUT2D eigenvalue weighted by Crippen LogP contribution is 2.37. The molecule has 0 spiro atoms. The van der Waals surface area contributed by atoms with E-state index >= 15 is 0 Å². The highest BCUT2D eigenvalue weighted by Gasteiger charge is 2.36. The molecule has 5 rings (SSSR count). The van der Waals surface area contributed by atoms with Crippen LogP contribution in [0.5, 0.6) is 11.5 Å². The van der Waals surface area contributed by atoms with Crippen LogP contribution in [0.25, 0.3) is 10.9 Å². The number of benzene rings is 1. The van der Waals surface area contributed by atoms with Crippen molar-refractivity contribution in [1.82, 2.24) is 30.1 Å². The Labute approximate surface area is 212 Å². The van der Waals surface area contributed by atoms with Gasteiger partial charge in [-0.25, -0.2) is 4.68 Å². The Morgan fingerprint density at radius 1 is 1.08 bits per heavy atom. The molecule has 1 fully saturated rings. The average molecular weight is 495 g/mol. The summed E-state index contributed by atoms with van der Waals surface area (Å²) in [7, 11) is 0. The van der Waals surface area contributed by atoms with Gasteiger partial charge in [0.05, 0.1) is 17.1 Å². The lowest BCUT2D eigenvalue weighted by molar-refractivity contribution is 0.0580. The smallest absolute Gasteiger partial charge is 0.252 e. The molecule has 1 aliphatic heterocycles. The Hall–Kier alpha value is -2.94. The second-order valence-electron chi connectivity index (χ2n) is 11.5. The van der Waals surface area contributed by atoms with Crippen LogP contribution in [0.3, 0.4) is 0 Å². The van der Waals surface area contributed by atoms with Gasteiger partial charge >= 0.3 is 0 Å². The third kappa shape index (κ3) is 4.85. The second-order valence-corrected chi connectivity index (χ2v) is 11.5. The fourth-order valence-electron chi connectivity index (χ4n) is 5.66. The molecule has 9 nitrogen and oxygen atoms in total. The summed E-state index contributed by atoms with van der Waals surface area (Å²) >= 11 is 0. The first-order valence-electron chi connectivity index (χ1n) is 13.2. The molecule has 1 saturated carbocycles. The molecule has 2 aromatic heterocycles. The molecule has 194 valence electrons. The van der Waals surface area contributed by atoms with Crippen molar-refractivity contribution in [2.24, 2.45) is 5.92 Å². The predicted octanol–water partition coefficient (Wildman–Crippen LogP) is 4.57. The van der Waals surface area contributed by atoms with E-state index in [2.05, 4.69) is 60.0 Å². The highest BCUT2D eigenvalue weighted by atomic mass is 16.6. The topological polar surface area (TPSA) is 98.2 Å². The minimum atomic E-state index is -0.244. The first-order valence-corrected chi connectivity index (χ1v) is 13.2. The van der Waals surface area contributed by atoms with E-state index in [0.29, 0.717) is 31.5 Å². The molecule has 1 atom stereocenters. The van der Waals surface area contributed by atoms with Gasteiger partial charge in [-0.2, -0.15) is 0 Å². The fourth-order valence-corrected chi connectivity index (χ4v) is 5.66. The molecule has 1 N–H and O–H groups in total. The number of nitrogens with one attached hydrogen (secondary N) is 1. The quantitative estimate of drug-likeness (QED) is 0.536. The number of tetrazole rings is 1. The van der Waals surface area contributed by atoms with Gasteiger partial charge in [0.25, 0.3) is 5.56 Å². The summed E-state index contributed by atoms with van der Waals surface area (Å²) in [6.07, 6.45) is 5.90. The number of pyridine rings is 1. The van der Waals surface area contributed by atoms with Gasteiger partial charge in [-0.15, -0.1) is 5.10 Å². The van der Waals surface area contributed by atoms with Crippen LogP contribution in [0.15, 0.2) is 23.0 Å². The van der Waals surface area contributed by atoms with Crippen molar-refractivity contribution >= 4 is 10.9 Å². The lowest BCUT2D eigenvalue weighted by atomic mass is 9.90. The molecule has 36 heavy (non-hydrogen) atoms. The second kappa shape index (κ2) is 9.84. The van der Waals surface area contributed by atoms with E-state index in [0.717, 1.165) is 40.9 Å². The number of H-pyrrole nitrogens is 1. The van der Waals surface area contributed by atoms with Gasteiger partial charge in [0, 0.05) is 29.6 Å². The molecule has 0 radical (unpaired) electrons. The number of hydrogen-bond acceptors (Lipinski definition) is 7. The largest absolute Gasteiger partial charge is 0.486 e. The zero-order chi connectivity index (χ0) is 25.4. The number of rotatable bonds is 6. The molecule has 3 aromatic rings. The van der Waals surface area contributed by atoms with E-state index in [1.807, 2.05) is 22.9 Å². The molecular weight excluding hydrogens is 456 g/mol. The first kappa shape index (κ1) is 24.7. The standard InChI is InChI=1S/C27H38N6O3/c1-17(2)24(25-29-30-31-33(25)27(3,4)5)32(20-9-7-6-8-10-20)16-19-13-18-14-22-23(36-12-11-35-22)15-21(18)28-26(19)34/h13-15,17,20,24H,6-12,16H2,1-5H3,(H,28,34). The number of fused-ring (bicyclic) bond motifs is 2. The van der Waals surface area contributed by atoms with Crippen molar-refractivity contribution in [2.45, 2.75) is 90.9 Å². The fraction of sp³-hybridized carbons (Fsp3) is 0.630. The third-order valence-electron chi connectivity index (χ3n) is 7.36. The van der Waals surface area contributed by atoms with Gasteiger partial charge in [0.15, 0.2) is 17.3 Å². The van der Waals surface area contributed by atoms with Gasteiger partial charge in [-0.05, 0) is 62.1 Å². The summed E-state index contributed by atoms with van der Waals surface area (Å²) in [6, 6.07) is 6.19. The number of nitrogens with zero attached hydrogens (tertiary/aromatic N) is 5. The lowest BCUT2D eigenvalue weighted by Gasteiger charge is -2.41. The van der Waals surface area contributed by atoms with Gasteiger partial charge < -0.3 is 14.5 Å². The van der Waals surface area contributed by atoms with Crippen molar-refractivity contribution in [3.63, 3.8) is 0 Å². The van der Waals surface area contributed by atoms with Crippen LogP contribution in [-0.4, -0.2) is 49.3 Å². The lowest BCUT2D eigenvalue weighted by Crippen LogP contribution is -2.44. The van der Waals surface area contributed by atoms with Gasteiger partial charge in [0.2, 0.25) is 0 Å². The SMILES string of the molecule is CC(C)C(c1nnnn1C(C)(C)C)N(Cc1cc2cc3c(cc2[nH]c1=O)OCCO3)C1CCCCC1. The van der Waals surface area contributed by atoms with E-state index in [1.165, 1.54) is 19.3 Å². The van der Waals surface area contributed by atoms with Crippen molar-refractivity contribution < 1.29 is 9.47 Å². The maximum absolute atomic E-state index is 13.3. The van der Waals surface area contributed by atoms with Crippen LogP contribution in [0.4, 0.5) is 0 Å². The van der Waals surface area contributed by atoms with Gasteiger partial charge in [0.1, 0.15) is 13.2 Å². The van der Waals surface area contributed by atoms with E-state index < -0.39 is 0 Å². The Bertz CT molecular complexity index is 1270. The van der Waals surface area contributed by atoms with Crippen LogP contribution >= 0.6 is 0 Å². The third-order valence-corrected chi connectivity index (χ3v) is 7.36. The summed E-state index contributed by atoms with van der Waals surface area (Å²) in [5.41, 5.74) is 1.18. The van der Waals surface area contributed by atoms with Crippen molar-refractivity contribution in [2.75, 3.05) is 13.2 Å². The number of hydrogen-bond donors (Lipinski definition) is 1. The minimum Gasteiger partial charge on any atom is -0.486 e. The summed E-state index contributed by atoms with van der Waals surface area (Å²) in [5, 5.41) is 13.9.